The first-order chi connectivity index (χ1) is 21.1. The summed E-state index contributed by atoms with van der Waals surface area (Å²) in [6.07, 6.45) is 4.47. The van der Waals surface area contributed by atoms with Crippen LogP contribution >= 0.6 is 0 Å². The summed E-state index contributed by atoms with van der Waals surface area (Å²) < 4.78 is 40.9. The Kier molecular flexibility index (Phi) is 9.57. The Labute approximate surface area is 260 Å². The number of carbonyl (C=O) groups is 1. The van der Waals surface area contributed by atoms with Gasteiger partial charge in [0.05, 0.1) is 18.0 Å². The number of unbranched alkanes of at least 4 members (excludes halogenated alkanes) is 1. The van der Waals surface area contributed by atoms with Crippen molar-refractivity contribution in [2.45, 2.75) is 83.4 Å². The third kappa shape index (κ3) is 6.45. The van der Waals surface area contributed by atoms with Crippen LogP contribution < -0.4 is 4.72 Å². The van der Waals surface area contributed by atoms with E-state index in [9.17, 15) is 13.2 Å². The zero-order valence-corrected chi connectivity index (χ0v) is 27.2. The Hall–Kier alpha value is -3.54. The van der Waals surface area contributed by atoms with Crippen LogP contribution in [0.2, 0.25) is 0 Å². The van der Waals surface area contributed by atoms with Crippen molar-refractivity contribution in [3.05, 3.63) is 64.9 Å². The highest BCUT2D eigenvalue weighted by Crippen LogP contribution is 2.36. The van der Waals surface area contributed by atoms with E-state index in [4.69, 9.17) is 14.3 Å². The molecule has 2 aromatic carbocycles. The molecule has 0 bridgehead atoms. The van der Waals surface area contributed by atoms with Gasteiger partial charge in [0.2, 0.25) is 0 Å². The second-order valence-electron chi connectivity index (χ2n) is 11.8. The molecule has 10 nitrogen and oxygen atoms in total. The van der Waals surface area contributed by atoms with Crippen molar-refractivity contribution in [2.75, 3.05) is 31.5 Å². The van der Waals surface area contributed by atoms with Crippen LogP contribution in [0.15, 0.2) is 56.9 Å². The molecule has 5 rings (SSSR count). The first-order valence-corrected chi connectivity index (χ1v) is 16.9. The lowest BCUT2D eigenvalue weighted by molar-refractivity contribution is -0.133. The van der Waals surface area contributed by atoms with Gasteiger partial charge in [0, 0.05) is 30.7 Å². The van der Waals surface area contributed by atoms with Crippen molar-refractivity contribution >= 4 is 27.6 Å². The number of aryl methyl sites for hydroxylation is 1. The number of anilines is 1. The molecule has 44 heavy (non-hydrogen) atoms. The fraction of sp³-hybridized carbons (Fsp3) is 0.485. The van der Waals surface area contributed by atoms with Gasteiger partial charge in [-0.25, -0.2) is 8.42 Å². The summed E-state index contributed by atoms with van der Waals surface area (Å²) in [5.41, 5.74) is 3.00. The van der Waals surface area contributed by atoms with E-state index < -0.39 is 15.6 Å². The van der Waals surface area contributed by atoms with E-state index in [1.54, 1.807) is 32.0 Å². The summed E-state index contributed by atoms with van der Waals surface area (Å²) in [6, 6.07) is 12.8. The molecule has 3 aromatic rings. The average molecular weight is 622 g/mol. The van der Waals surface area contributed by atoms with Gasteiger partial charge in [-0.05, 0) is 76.4 Å². The second-order valence-corrected chi connectivity index (χ2v) is 13.5. The number of nitrogens with zero attached hydrogens (tertiary/aromatic N) is 4. The lowest BCUT2D eigenvalue weighted by atomic mass is 9.89. The fourth-order valence-corrected chi connectivity index (χ4v) is 7.35. The van der Waals surface area contributed by atoms with E-state index in [0.717, 1.165) is 61.2 Å². The van der Waals surface area contributed by atoms with E-state index in [1.807, 2.05) is 36.1 Å². The predicted molar refractivity (Wildman–Crippen MR) is 171 cm³/mol. The highest BCUT2D eigenvalue weighted by Gasteiger charge is 2.49. The Balaban J connectivity index is 1.48. The Bertz CT molecular complexity index is 1650. The summed E-state index contributed by atoms with van der Waals surface area (Å²) >= 11 is 0. The number of aliphatic imine (C=N–C) groups is 1. The highest BCUT2D eigenvalue weighted by molar-refractivity contribution is 7.92. The zero-order chi connectivity index (χ0) is 31.5. The monoisotopic (exact) mass is 621 g/mol. The molecule has 236 valence electrons. The largest absolute Gasteiger partial charge is 0.377 e. The highest BCUT2D eigenvalue weighted by atomic mass is 32.2. The number of hydrogen-bond donors (Lipinski definition) is 1. The first-order valence-electron chi connectivity index (χ1n) is 15.4. The molecule has 2 aliphatic heterocycles. The zero-order valence-electron chi connectivity index (χ0n) is 26.4. The third-order valence-corrected chi connectivity index (χ3v) is 9.94. The molecule has 11 heteroatoms. The minimum atomic E-state index is -4.00. The summed E-state index contributed by atoms with van der Waals surface area (Å²) in [4.78, 5) is 23.2. The summed E-state index contributed by atoms with van der Waals surface area (Å²) in [6.45, 7) is 10.4. The SMILES string of the molecule is CCCCC1=N[C@@]2(CCCN(C)C2)C(=O)N1Cc1ccc(-c2ccccc2S(=O)(=O)Nc2noc(C)c2C)c(COCC)c1. The number of aromatic nitrogens is 1. The van der Waals surface area contributed by atoms with Crippen LogP contribution in [0.1, 0.15) is 68.4 Å². The number of hydrogen-bond acceptors (Lipinski definition) is 8. The van der Waals surface area contributed by atoms with E-state index in [0.29, 0.717) is 43.2 Å². The molecule has 1 atom stereocenters. The number of amides is 1. The van der Waals surface area contributed by atoms with Gasteiger partial charge >= 0.3 is 0 Å². The quantitative estimate of drug-likeness (QED) is 0.276. The maximum absolute atomic E-state index is 14.0. The molecule has 1 aromatic heterocycles. The molecule has 1 amide bonds. The van der Waals surface area contributed by atoms with Gasteiger partial charge in [-0.3, -0.25) is 19.4 Å². The number of likely N-dealkylation sites (tertiary alicyclic amines) is 1. The van der Waals surface area contributed by atoms with E-state index >= 15 is 0 Å². The maximum Gasteiger partial charge on any atom is 0.263 e. The summed E-state index contributed by atoms with van der Waals surface area (Å²) in [5, 5.41) is 3.88. The fourth-order valence-electron chi connectivity index (χ4n) is 6.07. The van der Waals surface area contributed by atoms with Gasteiger partial charge in [-0.15, -0.1) is 0 Å². The number of rotatable bonds is 12. The minimum Gasteiger partial charge on any atom is -0.377 e. The molecule has 1 N–H and O–H groups in total. The van der Waals surface area contributed by atoms with Gasteiger partial charge < -0.3 is 14.2 Å². The minimum absolute atomic E-state index is 0.0755. The Morgan fingerprint density at radius 1 is 1.11 bits per heavy atom. The molecule has 0 unspecified atom stereocenters. The van der Waals surface area contributed by atoms with Crippen molar-refractivity contribution < 1.29 is 22.5 Å². The van der Waals surface area contributed by atoms with E-state index in [2.05, 4.69) is 28.8 Å². The number of benzene rings is 2. The van der Waals surface area contributed by atoms with Gasteiger partial charge in [-0.1, -0.05) is 54.9 Å². The molecular weight excluding hydrogens is 578 g/mol. The number of nitrogens with one attached hydrogen (secondary N) is 1. The molecule has 3 heterocycles. The average Bonchev–Trinajstić information content (AvgIpc) is 3.44. The smallest absolute Gasteiger partial charge is 0.263 e. The predicted octanol–water partition coefficient (Wildman–Crippen LogP) is 5.69. The lowest BCUT2D eigenvalue weighted by Crippen LogP contribution is -2.52. The number of piperidine rings is 1. The Morgan fingerprint density at radius 3 is 2.61 bits per heavy atom. The van der Waals surface area contributed by atoms with Crippen LogP contribution in [-0.2, 0) is 32.7 Å². The van der Waals surface area contributed by atoms with Crippen molar-refractivity contribution in [1.29, 1.82) is 0 Å². The van der Waals surface area contributed by atoms with Gasteiger partial charge in [0.25, 0.3) is 15.9 Å². The van der Waals surface area contributed by atoms with Crippen LogP contribution in [0, 0.1) is 13.8 Å². The third-order valence-electron chi connectivity index (χ3n) is 8.54. The topological polar surface area (TPSA) is 117 Å². The molecule has 1 spiro atoms. The van der Waals surface area contributed by atoms with Crippen molar-refractivity contribution in [1.82, 2.24) is 15.0 Å². The van der Waals surface area contributed by atoms with Crippen molar-refractivity contribution in [3.63, 3.8) is 0 Å². The maximum atomic E-state index is 14.0. The van der Waals surface area contributed by atoms with Crippen LogP contribution in [0.4, 0.5) is 5.82 Å². The van der Waals surface area contributed by atoms with Gasteiger partial charge in [0.15, 0.2) is 11.4 Å². The van der Waals surface area contributed by atoms with E-state index in [-0.39, 0.29) is 16.6 Å². The normalized spacial score (nSPS) is 19.2. The molecule has 1 saturated heterocycles. The molecule has 0 aliphatic carbocycles. The van der Waals surface area contributed by atoms with Crippen LogP contribution in [0.5, 0.6) is 0 Å². The first kappa shape index (κ1) is 31.9. The second kappa shape index (κ2) is 13.2. The molecule has 0 radical (unpaired) electrons. The number of amidine groups is 1. The van der Waals surface area contributed by atoms with Crippen LogP contribution in [-0.4, -0.2) is 67.4 Å². The number of carbonyl (C=O) groups excluding carboxylic acids is 1. The lowest BCUT2D eigenvalue weighted by Gasteiger charge is -2.35. The Morgan fingerprint density at radius 2 is 1.91 bits per heavy atom. The van der Waals surface area contributed by atoms with Gasteiger partial charge in [-0.2, -0.15) is 0 Å². The van der Waals surface area contributed by atoms with Crippen molar-refractivity contribution in [3.8, 4) is 11.1 Å². The number of ether oxygens (including phenoxy) is 1. The van der Waals surface area contributed by atoms with E-state index in [1.165, 1.54) is 0 Å². The van der Waals surface area contributed by atoms with Gasteiger partial charge in [0.1, 0.15) is 11.6 Å². The van der Waals surface area contributed by atoms with Crippen LogP contribution in [0.25, 0.3) is 11.1 Å². The molecule has 1 fully saturated rings. The number of sulfonamides is 1. The molecular formula is C33H43N5O5S. The molecule has 2 aliphatic rings. The number of likely N-dealkylation sites (N-methyl/N-ethyl adjacent to an activating group) is 1. The van der Waals surface area contributed by atoms with Crippen LogP contribution in [0.3, 0.4) is 0 Å². The summed E-state index contributed by atoms with van der Waals surface area (Å²) in [7, 11) is -1.94. The standard InChI is InChI=1S/C33H43N5O5S/c1-6-8-14-30-34-33(17-11-18-37(5)22-33)32(39)38(30)20-25-15-16-27(26(19-25)21-42-7-2)28-12-9-10-13-29(28)44(40,41)36-31-23(3)24(4)43-35-31/h9-10,12-13,15-16,19H,6-8,11,14,17-18,20-22H2,1-5H3,(H,35,36)/t33-/m1/s1. The summed E-state index contributed by atoms with van der Waals surface area (Å²) in [5.74, 6) is 1.65. The van der Waals surface area contributed by atoms with Crippen molar-refractivity contribution in [2.24, 2.45) is 4.99 Å². The molecule has 0 saturated carbocycles.